The molecule has 1 aliphatic heterocycles. The van der Waals surface area contributed by atoms with Crippen LogP contribution in [0.2, 0.25) is 0 Å². The SMILES string of the molecule is [C]1N(c2cccc3ccccc23)C(c2ccccc2)=NN1C12CC3CC(CC(C3)C1)C2. The summed E-state index contributed by atoms with van der Waals surface area (Å²) in [4.78, 5) is 2.22. The summed E-state index contributed by atoms with van der Waals surface area (Å²) < 4.78 is 0. The first-order chi connectivity index (χ1) is 15.3. The third-order valence-electron chi connectivity index (χ3n) is 8.10. The molecule has 3 aromatic rings. The van der Waals surface area contributed by atoms with Crippen LogP contribution in [0.1, 0.15) is 44.1 Å². The standard InChI is InChI=1S/C28H27N3/c1-2-8-24(9-3-1)27-29-31(28-16-20-13-21(17-28)15-22(14-20)18-28)19-30(27)26-12-6-10-23-7-4-5-11-25(23)26/h1-12,20-22H,13-18H2. The highest BCUT2D eigenvalue weighted by Crippen LogP contribution is 2.58. The van der Waals surface area contributed by atoms with Gasteiger partial charge in [-0.2, -0.15) is 5.10 Å². The van der Waals surface area contributed by atoms with Crippen LogP contribution in [0, 0.1) is 24.4 Å². The fraction of sp³-hybridized carbons (Fsp3) is 0.357. The Bertz CT molecular complexity index is 1120. The Kier molecular flexibility index (Phi) is 3.79. The predicted molar refractivity (Wildman–Crippen MR) is 125 cm³/mol. The van der Waals surface area contributed by atoms with Gasteiger partial charge in [0.05, 0.1) is 11.2 Å². The Hall–Kier alpha value is -2.81. The molecule has 4 bridgehead atoms. The Balaban J connectivity index is 1.34. The third kappa shape index (κ3) is 2.75. The van der Waals surface area contributed by atoms with E-state index in [2.05, 4.69) is 89.4 Å². The fourth-order valence-corrected chi connectivity index (χ4v) is 7.19. The lowest BCUT2D eigenvalue weighted by molar-refractivity contribution is -0.0747. The van der Waals surface area contributed by atoms with Gasteiger partial charge in [-0.1, -0.05) is 66.7 Å². The van der Waals surface area contributed by atoms with Crippen molar-refractivity contribution in [2.24, 2.45) is 22.9 Å². The molecule has 0 aromatic heterocycles. The van der Waals surface area contributed by atoms with Crippen molar-refractivity contribution in [1.29, 1.82) is 0 Å². The number of hydrogen-bond acceptors (Lipinski definition) is 3. The predicted octanol–water partition coefficient (Wildman–Crippen LogP) is 6.29. The Morgan fingerprint density at radius 1 is 0.742 bits per heavy atom. The van der Waals surface area contributed by atoms with E-state index in [9.17, 15) is 0 Å². The minimum absolute atomic E-state index is 0.161. The molecule has 154 valence electrons. The minimum atomic E-state index is 0.161. The maximum Gasteiger partial charge on any atom is 0.233 e. The van der Waals surface area contributed by atoms with E-state index in [1.54, 1.807) is 0 Å². The monoisotopic (exact) mass is 405 g/mol. The molecule has 8 rings (SSSR count). The number of amidine groups is 1. The van der Waals surface area contributed by atoms with E-state index in [1.807, 2.05) is 0 Å². The largest absolute Gasteiger partial charge is 0.291 e. The molecular weight excluding hydrogens is 378 g/mol. The van der Waals surface area contributed by atoms with Crippen molar-refractivity contribution in [2.45, 2.75) is 44.1 Å². The van der Waals surface area contributed by atoms with Gasteiger partial charge in [0.25, 0.3) is 0 Å². The normalized spacial score (nSPS) is 31.5. The topological polar surface area (TPSA) is 18.8 Å². The van der Waals surface area contributed by atoms with Crippen molar-refractivity contribution in [1.82, 2.24) is 5.01 Å². The molecule has 3 heteroatoms. The summed E-state index contributed by atoms with van der Waals surface area (Å²) in [6.07, 6.45) is 8.16. The first-order valence-electron chi connectivity index (χ1n) is 11.8. The molecule has 0 N–H and O–H groups in total. The van der Waals surface area contributed by atoms with Crippen LogP contribution >= 0.6 is 0 Å². The second-order valence-electron chi connectivity index (χ2n) is 10.2. The van der Waals surface area contributed by atoms with Gasteiger partial charge >= 0.3 is 0 Å². The number of benzene rings is 3. The molecule has 31 heavy (non-hydrogen) atoms. The van der Waals surface area contributed by atoms with Crippen LogP contribution < -0.4 is 4.90 Å². The fourth-order valence-electron chi connectivity index (χ4n) is 7.19. The second-order valence-corrected chi connectivity index (χ2v) is 10.2. The van der Waals surface area contributed by atoms with E-state index in [4.69, 9.17) is 5.10 Å². The van der Waals surface area contributed by atoms with Gasteiger partial charge in [0.2, 0.25) is 6.67 Å². The molecule has 0 saturated heterocycles. The molecule has 4 aliphatic carbocycles. The Labute approximate surface area is 184 Å². The molecule has 0 atom stereocenters. The molecule has 1 heterocycles. The molecule has 3 nitrogen and oxygen atoms in total. The Morgan fingerprint density at radius 3 is 2.13 bits per heavy atom. The van der Waals surface area contributed by atoms with E-state index in [1.165, 1.54) is 49.3 Å². The Morgan fingerprint density at radius 2 is 1.39 bits per heavy atom. The van der Waals surface area contributed by atoms with Gasteiger partial charge in [-0.25, -0.2) is 0 Å². The van der Waals surface area contributed by atoms with Gasteiger partial charge in [0.1, 0.15) is 0 Å². The van der Waals surface area contributed by atoms with Crippen molar-refractivity contribution in [3.05, 3.63) is 85.0 Å². The summed E-state index contributed by atoms with van der Waals surface area (Å²) in [7, 11) is 0. The zero-order valence-electron chi connectivity index (χ0n) is 17.7. The van der Waals surface area contributed by atoms with Gasteiger partial charge in [0.15, 0.2) is 5.84 Å². The number of anilines is 1. The molecule has 3 aromatic carbocycles. The molecule has 0 spiro atoms. The maximum atomic E-state index is 5.28. The van der Waals surface area contributed by atoms with E-state index >= 15 is 0 Å². The summed E-state index contributed by atoms with van der Waals surface area (Å²) in [5.74, 6) is 3.65. The molecule has 4 saturated carbocycles. The first kappa shape index (κ1) is 17.8. The number of nitrogens with zero attached hydrogens (tertiary/aromatic N) is 3. The van der Waals surface area contributed by atoms with Crippen LogP contribution in [0.5, 0.6) is 0 Å². The summed E-state index contributed by atoms with van der Waals surface area (Å²) in [6.45, 7) is 3.77. The van der Waals surface area contributed by atoms with E-state index < -0.39 is 0 Å². The van der Waals surface area contributed by atoms with E-state index in [-0.39, 0.29) is 5.54 Å². The van der Waals surface area contributed by atoms with Crippen LogP contribution in [0.3, 0.4) is 0 Å². The van der Waals surface area contributed by atoms with Crippen LogP contribution in [0.25, 0.3) is 10.8 Å². The third-order valence-corrected chi connectivity index (χ3v) is 8.10. The van der Waals surface area contributed by atoms with Crippen LogP contribution in [-0.4, -0.2) is 16.4 Å². The summed E-state index contributed by atoms with van der Waals surface area (Å²) in [6, 6.07) is 25.8. The van der Waals surface area contributed by atoms with E-state index in [0.29, 0.717) is 0 Å². The van der Waals surface area contributed by atoms with Crippen LogP contribution in [0.15, 0.2) is 77.9 Å². The minimum Gasteiger partial charge on any atom is -0.291 e. The van der Waals surface area contributed by atoms with Gasteiger partial charge in [-0.15, -0.1) is 0 Å². The number of hydrogen-bond donors (Lipinski definition) is 0. The molecule has 0 unspecified atom stereocenters. The first-order valence-corrected chi connectivity index (χ1v) is 11.8. The average Bonchev–Trinajstić information content (AvgIpc) is 3.25. The molecule has 4 fully saturated rings. The number of hydrazone groups is 1. The highest BCUT2D eigenvalue weighted by molar-refractivity contribution is 6.15. The average molecular weight is 406 g/mol. The lowest BCUT2D eigenvalue weighted by Gasteiger charge is -2.58. The van der Waals surface area contributed by atoms with Crippen molar-refractivity contribution < 1.29 is 0 Å². The zero-order valence-corrected chi connectivity index (χ0v) is 17.7. The molecular formula is C28H27N3. The molecule has 2 radical (unpaired) electrons. The smallest absolute Gasteiger partial charge is 0.233 e. The highest BCUT2D eigenvalue weighted by Gasteiger charge is 2.55. The number of rotatable bonds is 3. The van der Waals surface area contributed by atoms with Gasteiger partial charge < -0.3 is 0 Å². The quantitative estimate of drug-likeness (QED) is 0.510. The lowest BCUT2D eigenvalue weighted by Crippen LogP contribution is -2.57. The number of fused-ring (bicyclic) bond motifs is 1. The zero-order chi connectivity index (χ0) is 20.4. The molecule has 5 aliphatic rings. The lowest BCUT2D eigenvalue weighted by atomic mass is 9.53. The van der Waals surface area contributed by atoms with Crippen LogP contribution in [-0.2, 0) is 0 Å². The van der Waals surface area contributed by atoms with Crippen molar-refractivity contribution >= 4 is 22.3 Å². The van der Waals surface area contributed by atoms with Crippen LogP contribution in [0.4, 0.5) is 5.69 Å². The van der Waals surface area contributed by atoms with Crippen molar-refractivity contribution in [2.75, 3.05) is 4.90 Å². The van der Waals surface area contributed by atoms with Gasteiger partial charge in [-0.3, -0.25) is 9.91 Å². The van der Waals surface area contributed by atoms with Gasteiger partial charge in [0, 0.05) is 10.9 Å². The second kappa shape index (κ2) is 6.59. The van der Waals surface area contributed by atoms with E-state index in [0.717, 1.165) is 34.8 Å². The van der Waals surface area contributed by atoms with Gasteiger partial charge in [-0.05, 0) is 67.7 Å². The summed E-state index contributed by atoms with van der Waals surface area (Å²) >= 11 is 0. The summed E-state index contributed by atoms with van der Waals surface area (Å²) in [5, 5.41) is 10.0. The van der Waals surface area contributed by atoms with Crippen molar-refractivity contribution in [3.63, 3.8) is 0 Å². The maximum absolute atomic E-state index is 5.28. The highest BCUT2D eigenvalue weighted by atomic mass is 15.6. The van der Waals surface area contributed by atoms with Crippen molar-refractivity contribution in [3.8, 4) is 0 Å². The summed E-state index contributed by atoms with van der Waals surface area (Å²) in [5.41, 5.74) is 2.47. The molecule has 0 amide bonds.